The highest BCUT2D eigenvalue weighted by Crippen LogP contribution is 2.45. The quantitative estimate of drug-likeness (QED) is 0.0722. The van der Waals surface area contributed by atoms with E-state index in [0.29, 0.717) is 19.3 Å². The van der Waals surface area contributed by atoms with Crippen LogP contribution in [0, 0.1) is 0 Å². The minimum atomic E-state index is -3.99. The summed E-state index contributed by atoms with van der Waals surface area (Å²) in [5.74, 6) is 0. The van der Waals surface area contributed by atoms with Crippen LogP contribution in [-0.4, -0.2) is 35.7 Å². The molecular weight excluding hydrogens is 502 g/mol. The van der Waals surface area contributed by atoms with Gasteiger partial charge in [-0.3, -0.25) is 18.1 Å². The zero-order chi connectivity index (χ0) is 27.0. The van der Waals surface area contributed by atoms with Crippen molar-refractivity contribution >= 4 is 15.6 Å². The predicted octanol–water partition coefficient (Wildman–Crippen LogP) is 9.09. The molecule has 0 radical (unpaired) electrons. The summed E-state index contributed by atoms with van der Waals surface area (Å²) in [6.07, 6.45) is 20.7. The van der Waals surface area contributed by atoms with Gasteiger partial charge >= 0.3 is 15.6 Å². The normalized spacial score (nSPS) is 16.0. The third-order valence-electron chi connectivity index (χ3n) is 6.19. The number of hydrogen-bond acceptors (Lipinski definition) is 6. The third-order valence-corrected chi connectivity index (χ3v) is 8.34. The molecule has 0 saturated carbocycles. The molecule has 0 fully saturated rings. The van der Waals surface area contributed by atoms with Crippen LogP contribution in [0.25, 0.3) is 0 Å². The average molecular weight is 559 g/mol. The molecule has 218 valence electrons. The van der Waals surface area contributed by atoms with Crippen molar-refractivity contribution in [2.45, 2.75) is 149 Å². The highest BCUT2D eigenvalue weighted by molar-refractivity contribution is 7.47. The van der Waals surface area contributed by atoms with Crippen LogP contribution in [-0.2, 0) is 27.2 Å². The van der Waals surface area contributed by atoms with Crippen LogP contribution in [0.3, 0.4) is 0 Å². The largest absolute Gasteiger partial charge is 0.472 e. The van der Waals surface area contributed by atoms with Crippen LogP contribution >= 0.6 is 15.6 Å². The van der Waals surface area contributed by atoms with E-state index in [0.717, 1.165) is 32.1 Å². The van der Waals surface area contributed by atoms with Crippen LogP contribution in [0.2, 0.25) is 0 Å². The lowest BCUT2D eigenvalue weighted by atomic mass is 10.0. The molecule has 0 heterocycles. The first-order valence-electron chi connectivity index (χ1n) is 14.5. The average Bonchev–Trinajstić information content (AvgIpc) is 2.82. The van der Waals surface area contributed by atoms with Gasteiger partial charge in [0.1, 0.15) is 0 Å². The Labute approximate surface area is 221 Å². The van der Waals surface area contributed by atoms with Crippen LogP contribution < -0.4 is 0 Å². The highest BCUT2D eigenvalue weighted by Gasteiger charge is 2.23. The van der Waals surface area contributed by atoms with Crippen LogP contribution in [0.1, 0.15) is 143 Å². The highest BCUT2D eigenvalue weighted by atomic mass is 31.2. The van der Waals surface area contributed by atoms with Crippen LogP contribution in [0.15, 0.2) is 0 Å². The molecule has 0 aliphatic rings. The Morgan fingerprint density at radius 1 is 0.528 bits per heavy atom. The molecule has 0 aliphatic carbocycles. The summed E-state index contributed by atoms with van der Waals surface area (Å²) < 4.78 is 43.6. The van der Waals surface area contributed by atoms with Gasteiger partial charge in [0, 0.05) is 0 Å². The second kappa shape index (κ2) is 24.3. The number of phosphoric acid groups is 2. The number of unbranched alkanes of at least 4 members (excludes halogenated alkanes) is 16. The van der Waals surface area contributed by atoms with Crippen molar-refractivity contribution in [2.24, 2.45) is 0 Å². The van der Waals surface area contributed by atoms with Gasteiger partial charge in [0.25, 0.3) is 0 Å². The molecule has 36 heavy (non-hydrogen) atoms. The molecular formula is C26H56O8P2. The van der Waals surface area contributed by atoms with E-state index in [-0.39, 0.29) is 25.9 Å². The molecule has 0 saturated heterocycles. The summed E-state index contributed by atoms with van der Waals surface area (Å²) in [5.41, 5.74) is 0. The molecule has 0 amide bonds. The van der Waals surface area contributed by atoms with Crippen molar-refractivity contribution < 1.29 is 37.0 Å². The third kappa shape index (κ3) is 25.9. The van der Waals surface area contributed by atoms with Gasteiger partial charge in [0.15, 0.2) is 0 Å². The number of hydrogen-bond donors (Lipinski definition) is 2. The standard InChI is InChI=1S/C26H56O8P2/c1-4-6-7-8-9-10-11-12-13-14-15-16-17-20-23-31-35(27,28)32-24-21-18-19-22-25-33-36(29,30)34-26(3)5-2/h26H,4-25H2,1-3H3,(H,27,28)(H,29,30). The van der Waals surface area contributed by atoms with Gasteiger partial charge in [-0.15, -0.1) is 0 Å². The first-order valence-corrected chi connectivity index (χ1v) is 17.5. The molecule has 0 aromatic heterocycles. The molecule has 8 nitrogen and oxygen atoms in total. The topological polar surface area (TPSA) is 112 Å². The van der Waals surface area contributed by atoms with E-state index in [1.165, 1.54) is 70.6 Å². The Balaban J connectivity index is 3.46. The molecule has 2 N–H and O–H groups in total. The zero-order valence-electron chi connectivity index (χ0n) is 23.4. The number of rotatable bonds is 28. The SMILES string of the molecule is CCCCCCCCCCCCCCCCOP(=O)(O)OCCCCCCOP(=O)(O)OC(C)CC. The molecule has 3 unspecified atom stereocenters. The fourth-order valence-electron chi connectivity index (χ4n) is 3.76. The van der Waals surface area contributed by atoms with E-state index >= 15 is 0 Å². The molecule has 0 bridgehead atoms. The van der Waals surface area contributed by atoms with E-state index in [4.69, 9.17) is 18.1 Å². The second-order valence-electron chi connectivity index (χ2n) is 9.77. The van der Waals surface area contributed by atoms with Gasteiger partial charge in [0.05, 0.1) is 25.9 Å². The first kappa shape index (κ1) is 36.2. The van der Waals surface area contributed by atoms with Gasteiger partial charge in [0.2, 0.25) is 0 Å². The Morgan fingerprint density at radius 3 is 1.17 bits per heavy atom. The monoisotopic (exact) mass is 558 g/mol. The van der Waals surface area contributed by atoms with Crippen molar-refractivity contribution in [2.75, 3.05) is 19.8 Å². The lowest BCUT2D eigenvalue weighted by molar-refractivity contribution is 0.109. The maximum atomic E-state index is 11.9. The minimum Gasteiger partial charge on any atom is -0.302 e. The molecule has 0 aromatic carbocycles. The Bertz CT molecular complexity index is 576. The molecule has 3 atom stereocenters. The van der Waals surface area contributed by atoms with Crippen molar-refractivity contribution in [3.63, 3.8) is 0 Å². The molecule has 0 spiro atoms. The first-order chi connectivity index (χ1) is 17.2. The van der Waals surface area contributed by atoms with E-state index in [1.807, 2.05) is 6.92 Å². The van der Waals surface area contributed by atoms with E-state index in [9.17, 15) is 18.9 Å². The molecule has 0 rings (SSSR count). The van der Waals surface area contributed by atoms with E-state index < -0.39 is 15.6 Å². The smallest absolute Gasteiger partial charge is 0.302 e. The molecule has 10 heteroatoms. The van der Waals surface area contributed by atoms with E-state index in [2.05, 4.69) is 6.92 Å². The fourth-order valence-corrected chi connectivity index (χ4v) is 5.58. The van der Waals surface area contributed by atoms with Gasteiger partial charge in [-0.1, -0.05) is 110 Å². The lowest BCUT2D eigenvalue weighted by Gasteiger charge is -2.16. The van der Waals surface area contributed by atoms with Gasteiger partial charge in [-0.05, 0) is 32.6 Å². The summed E-state index contributed by atoms with van der Waals surface area (Å²) in [4.78, 5) is 19.3. The summed E-state index contributed by atoms with van der Waals surface area (Å²) in [6, 6.07) is 0. The van der Waals surface area contributed by atoms with Crippen molar-refractivity contribution in [3.05, 3.63) is 0 Å². The Kier molecular flexibility index (Phi) is 24.4. The van der Waals surface area contributed by atoms with Crippen molar-refractivity contribution in [1.29, 1.82) is 0 Å². The second-order valence-corrected chi connectivity index (χ2v) is 12.6. The molecule has 0 aromatic rings. The Hall–Kier alpha value is 0.220. The van der Waals surface area contributed by atoms with Gasteiger partial charge < -0.3 is 9.79 Å². The predicted molar refractivity (Wildman–Crippen MR) is 147 cm³/mol. The minimum absolute atomic E-state index is 0.131. The number of phosphoric ester groups is 2. The maximum absolute atomic E-state index is 11.9. The summed E-state index contributed by atoms with van der Waals surface area (Å²) in [6.45, 7) is 6.35. The van der Waals surface area contributed by atoms with Crippen molar-refractivity contribution in [1.82, 2.24) is 0 Å². The van der Waals surface area contributed by atoms with Crippen molar-refractivity contribution in [3.8, 4) is 0 Å². The maximum Gasteiger partial charge on any atom is 0.472 e. The summed E-state index contributed by atoms with van der Waals surface area (Å²) in [5, 5.41) is 0. The van der Waals surface area contributed by atoms with Gasteiger partial charge in [-0.25, -0.2) is 9.13 Å². The molecule has 0 aliphatic heterocycles. The van der Waals surface area contributed by atoms with Crippen LogP contribution in [0.4, 0.5) is 0 Å². The lowest BCUT2D eigenvalue weighted by Crippen LogP contribution is -2.06. The van der Waals surface area contributed by atoms with Crippen LogP contribution in [0.5, 0.6) is 0 Å². The zero-order valence-corrected chi connectivity index (χ0v) is 25.2. The summed E-state index contributed by atoms with van der Waals surface area (Å²) >= 11 is 0. The Morgan fingerprint density at radius 2 is 0.833 bits per heavy atom. The summed E-state index contributed by atoms with van der Waals surface area (Å²) in [7, 11) is -7.98. The fraction of sp³-hybridized carbons (Fsp3) is 1.00. The van der Waals surface area contributed by atoms with E-state index in [1.54, 1.807) is 6.92 Å². The van der Waals surface area contributed by atoms with Gasteiger partial charge in [-0.2, -0.15) is 0 Å².